The summed E-state index contributed by atoms with van der Waals surface area (Å²) >= 11 is 1.01. The van der Waals surface area contributed by atoms with Crippen molar-refractivity contribution in [3.8, 4) is 0 Å². The molecule has 0 amide bonds. The zero-order chi connectivity index (χ0) is 5.70. The molecule has 0 aliphatic heterocycles. The van der Waals surface area contributed by atoms with Crippen molar-refractivity contribution in [1.82, 2.24) is 0 Å². The molecule has 0 saturated carbocycles. The van der Waals surface area contributed by atoms with Gasteiger partial charge in [0.05, 0.1) is 12.0 Å². The van der Waals surface area contributed by atoms with Crippen LogP contribution in [0.1, 0.15) is 0 Å². The lowest BCUT2D eigenvalue weighted by atomic mass is 10.7. The van der Waals surface area contributed by atoms with Gasteiger partial charge in [-0.1, -0.05) is 6.58 Å². The molecule has 0 unspecified atom stereocenters. The van der Waals surface area contributed by atoms with Crippen LogP contribution in [0.15, 0.2) is 12.7 Å². The van der Waals surface area contributed by atoms with E-state index >= 15 is 0 Å². The van der Waals surface area contributed by atoms with Crippen molar-refractivity contribution >= 4 is 18.0 Å². The summed E-state index contributed by atoms with van der Waals surface area (Å²) in [6, 6.07) is 0. The first-order valence-corrected chi connectivity index (χ1v) is 2.83. The predicted molar refractivity (Wildman–Crippen MR) is 29.8 cm³/mol. The van der Waals surface area contributed by atoms with Crippen molar-refractivity contribution < 1.29 is 8.98 Å². The topological polar surface area (TPSA) is 26.3 Å². The Morgan fingerprint density at radius 2 is 2.57 bits per heavy atom. The molecule has 40 valence electrons. The van der Waals surface area contributed by atoms with Crippen LogP contribution in [0.2, 0.25) is 0 Å². The van der Waals surface area contributed by atoms with Gasteiger partial charge in [-0.05, 0) is 0 Å². The summed E-state index contributed by atoms with van der Waals surface area (Å²) in [6.07, 6.45) is 2.79. The van der Waals surface area contributed by atoms with Gasteiger partial charge in [-0.2, -0.15) is 0 Å². The standard InChI is InChI=1S/C4H6O2S/c1-3-4(5)6-7-2/h3H,1H2,2H3. The van der Waals surface area contributed by atoms with E-state index in [-0.39, 0.29) is 0 Å². The Morgan fingerprint density at radius 1 is 2.00 bits per heavy atom. The summed E-state index contributed by atoms with van der Waals surface area (Å²) < 4.78 is 4.35. The van der Waals surface area contributed by atoms with Gasteiger partial charge in [-0.25, -0.2) is 4.79 Å². The predicted octanol–water partition coefficient (Wildman–Crippen LogP) is 0.994. The molecule has 0 aliphatic rings. The zero-order valence-electron chi connectivity index (χ0n) is 4.01. The fourth-order valence-corrected chi connectivity index (χ4v) is 0.348. The van der Waals surface area contributed by atoms with E-state index in [1.54, 1.807) is 6.26 Å². The number of carbonyl (C=O) groups excluding carboxylic acids is 1. The van der Waals surface area contributed by atoms with Crippen molar-refractivity contribution in [3.05, 3.63) is 12.7 Å². The molecular formula is C4H6O2S. The molecule has 0 radical (unpaired) electrons. The summed E-state index contributed by atoms with van der Waals surface area (Å²) in [5, 5.41) is 0. The van der Waals surface area contributed by atoms with Crippen LogP contribution >= 0.6 is 12.0 Å². The average Bonchev–Trinajstić information content (AvgIpc) is 1.68. The number of hydrogen-bond donors (Lipinski definition) is 0. The van der Waals surface area contributed by atoms with Gasteiger partial charge in [0.15, 0.2) is 0 Å². The first kappa shape index (κ1) is 6.56. The Bertz CT molecular complexity index is 79.8. The molecule has 0 saturated heterocycles. The normalized spacial score (nSPS) is 7.57. The van der Waals surface area contributed by atoms with Crippen LogP contribution in [-0.4, -0.2) is 12.2 Å². The second-order valence-corrected chi connectivity index (χ2v) is 1.27. The van der Waals surface area contributed by atoms with Crippen molar-refractivity contribution in [2.45, 2.75) is 0 Å². The van der Waals surface area contributed by atoms with Crippen LogP contribution in [0.3, 0.4) is 0 Å². The molecule has 3 heteroatoms. The molecule has 0 aromatic heterocycles. The smallest absolute Gasteiger partial charge is 0.342 e. The molecule has 0 N–H and O–H groups in total. The minimum atomic E-state index is -0.396. The third-order valence-electron chi connectivity index (χ3n) is 0.332. The Hall–Kier alpha value is -0.440. The summed E-state index contributed by atoms with van der Waals surface area (Å²) in [4.78, 5) is 10.1. The van der Waals surface area contributed by atoms with Gasteiger partial charge in [0.2, 0.25) is 0 Å². The third kappa shape index (κ3) is 3.39. The van der Waals surface area contributed by atoms with Gasteiger partial charge in [0, 0.05) is 12.3 Å². The fraction of sp³-hybridized carbons (Fsp3) is 0.250. The van der Waals surface area contributed by atoms with Crippen LogP contribution in [0.5, 0.6) is 0 Å². The summed E-state index contributed by atoms with van der Waals surface area (Å²) in [7, 11) is 0. The van der Waals surface area contributed by atoms with E-state index in [1.807, 2.05) is 0 Å². The molecule has 0 heterocycles. The maximum Gasteiger partial charge on any atom is 0.342 e. The van der Waals surface area contributed by atoms with E-state index < -0.39 is 5.97 Å². The Balaban J connectivity index is 3.17. The van der Waals surface area contributed by atoms with Crippen LogP contribution < -0.4 is 0 Å². The third-order valence-corrected chi connectivity index (χ3v) is 0.663. The van der Waals surface area contributed by atoms with E-state index in [1.165, 1.54) is 0 Å². The fourth-order valence-electron chi connectivity index (χ4n) is 0.116. The number of carbonyl (C=O) groups is 1. The van der Waals surface area contributed by atoms with E-state index in [0.29, 0.717) is 0 Å². The minimum absolute atomic E-state index is 0.396. The van der Waals surface area contributed by atoms with Crippen LogP contribution in [0, 0.1) is 0 Å². The highest BCUT2D eigenvalue weighted by Gasteiger charge is 1.88. The molecule has 0 rings (SSSR count). The zero-order valence-corrected chi connectivity index (χ0v) is 4.83. The lowest BCUT2D eigenvalue weighted by Gasteiger charge is -1.87. The van der Waals surface area contributed by atoms with Gasteiger partial charge in [-0.3, -0.25) is 0 Å². The molecule has 0 atom stereocenters. The molecule has 0 aromatic rings. The minimum Gasteiger partial charge on any atom is -0.388 e. The molecule has 0 bridgehead atoms. The maximum absolute atomic E-state index is 10.1. The van der Waals surface area contributed by atoms with Gasteiger partial charge < -0.3 is 4.18 Å². The summed E-state index contributed by atoms with van der Waals surface area (Å²) in [5.74, 6) is -0.396. The molecule has 0 aromatic carbocycles. The highest BCUT2D eigenvalue weighted by molar-refractivity contribution is 7.94. The molecule has 0 aliphatic carbocycles. The maximum atomic E-state index is 10.1. The van der Waals surface area contributed by atoms with Crippen LogP contribution in [0.4, 0.5) is 0 Å². The Morgan fingerprint density at radius 3 is 2.71 bits per heavy atom. The first-order chi connectivity index (χ1) is 3.31. The SMILES string of the molecule is C=CC(=O)OSC. The second-order valence-electron chi connectivity index (χ2n) is 0.773. The van der Waals surface area contributed by atoms with E-state index in [0.717, 1.165) is 18.1 Å². The van der Waals surface area contributed by atoms with Crippen LogP contribution in [0.25, 0.3) is 0 Å². The summed E-state index contributed by atoms with van der Waals surface area (Å²) in [6.45, 7) is 3.19. The Labute approximate surface area is 46.8 Å². The lowest BCUT2D eigenvalue weighted by Crippen LogP contribution is -1.89. The molecule has 0 fully saturated rings. The Kier molecular flexibility index (Phi) is 3.50. The van der Waals surface area contributed by atoms with E-state index in [9.17, 15) is 4.79 Å². The van der Waals surface area contributed by atoms with Crippen molar-refractivity contribution in [2.75, 3.05) is 6.26 Å². The quantitative estimate of drug-likeness (QED) is 0.399. The molecular weight excluding hydrogens is 112 g/mol. The monoisotopic (exact) mass is 118 g/mol. The molecule has 7 heavy (non-hydrogen) atoms. The largest absolute Gasteiger partial charge is 0.388 e. The number of hydrogen-bond acceptors (Lipinski definition) is 3. The van der Waals surface area contributed by atoms with Crippen molar-refractivity contribution in [2.24, 2.45) is 0 Å². The number of rotatable bonds is 2. The average molecular weight is 118 g/mol. The van der Waals surface area contributed by atoms with Crippen molar-refractivity contribution in [3.63, 3.8) is 0 Å². The molecule has 2 nitrogen and oxygen atoms in total. The summed E-state index contributed by atoms with van der Waals surface area (Å²) in [5.41, 5.74) is 0. The van der Waals surface area contributed by atoms with Gasteiger partial charge >= 0.3 is 5.97 Å². The van der Waals surface area contributed by atoms with Crippen LogP contribution in [-0.2, 0) is 8.98 Å². The second kappa shape index (κ2) is 3.74. The highest BCUT2D eigenvalue weighted by atomic mass is 32.2. The van der Waals surface area contributed by atoms with Gasteiger partial charge in [0.1, 0.15) is 0 Å². The van der Waals surface area contributed by atoms with Gasteiger partial charge in [-0.15, -0.1) is 0 Å². The highest BCUT2D eigenvalue weighted by Crippen LogP contribution is 1.93. The van der Waals surface area contributed by atoms with Crippen molar-refractivity contribution in [1.29, 1.82) is 0 Å². The van der Waals surface area contributed by atoms with E-state index in [2.05, 4.69) is 10.8 Å². The first-order valence-electron chi connectivity index (χ1n) is 1.68. The lowest BCUT2D eigenvalue weighted by molar-refractivity contribution is -0.127. The van der Waals surface area contributed by atoms with Gasteiger partial charge in [0.25, 0.3) is 0 Å². The van der Waals surface area contributed by atoms with E-state index in [4.69, 9.17) is 0 Å². The molecule has 0 spiro atoms.